The lowest BCUT2D eigenvalue weighted by Crippen LogP contribution is -2.41. The van der Waals surface area contributed by atoms with Crippen LogP contribution in [0.15, 0.2) is 28.0 Å². The molecule has 0 aromatic carbocycles. The van der Waals surface area contributed by atoms with Crippen molar-refractivity contribution in [2.45, 2.75) is 38.1 Å². The van der Waals surface area contributed by atoms with E-state index in [9.17, 15) is 14.4 Å². The summed E-state index contributed by atoms with van der Waals surface area (Å²) in [6.07, 6.45) is 1.57. The number of carbonyl (C=O) groups is 3. The molecule has 1 atom stereocenters. The number of nitrogens with one attached hydrogen (secondary N) is 1. The summed E-state index contributed by atoms with van der Waals surface area (Å²) in [5.41, 5.74) is 12.9. The highest BCUT2D eigenvalue weighted by atomic mass is 32.1. The van der Waals surface area contributed by atoms with E-state index >= 15 is 0 Å². The number of aromatic nitrogens is 1. The second-order valence-corrected chi connectivity index (χ2v) is 8.02. The summed E-state index contributed by atoms with van der Waals surface area (Å²) in [5.74, 6) is -1.91. The SMILES string of the molecule is Nc1cc(N)c2cc(CCCc3cc(C(=O)N[C@@H](CCC(=O)O)C(=O)O)cs3)oc2n1. The van der Waals surface area contributed by atoms with Crippen LogP contribution in [0.25, 0.3) is 11.1 Å². The Kier molecular flexibility index (Phi) is 6.75. The lowest BCUT2D eigenvalue weighted by molar-refractivity contribution is -0.140. The van der Waals surface area contributed by atoms with Crippen LogP contribution in [0.4, 0.5) is 11.5 Å². The zero-order valence-corrected chi connectivity index (χ0v) is 17.3. The van der Waals surface area contributed by atoms with Crippen LogP contribution in [0, 0.1) is 0 Å². The van der Waals surface area contributed by atoms with Crippen LogP contribution in [0.1, 0.15) is 40.3 Å². The minimum atomic E-state index is -1.27. The second-order valence-electron chi connectivity index (χ2n) is 7.02. The number of anilines is 2. The highest BCUT2D eigenvalue weighted by molar-refractivity contribution is 7.10. The maximum absolute atomic E-state index is 12.3. The molecule has 0 saturated heterocycles. The van der Waals surface area contributed by atoms with Crippen LogP contribution in [0.5, 0.6) is 0 Å². The van der Waals surface area contributed by atoms with E-state index in [2.05, 4.69) is 10.3 Å². The molecule has 11 heteroatoms. The van der Waals surface area contributed by atoms with Crippen LogP contribution >= 0.6 is 11.3 Å². The van der Waals surface area contributed by atoms with Crippen molar-refractivity contribution < 1.29 is 29.0 Å². The summed E-state index contributed by atoms with van der Waals surface area (Å²) in [5, 5.41) is 22.6. The lowest BCUT2D eigenvalue weighted by atomic mass is 10.1. The van der Waals surface area contributed by atoms with Gasteiger partial charge in [-0.15, -0.1) is 11.3 Å². The average Bonchev–Trinajstić information content (AvgIpc) is 3.31. The van der Waals surface area contributed by atoms with E-state index in [1.165, 1.54) is 11.3 Å². The molecule has 1 amide bonds. The molecule has 0 aliphatic carbocycles. The zero-order valence-electron chi connectivity index (χ0n) is 16.5. The van der Waals surface area contributed by atoms with E-state index < -0.39 is 23.9 Å². The lowest BCUT2D eigenvalue weighted by Gasteiger charge is -2.12. The van der Waals surface area contributed by atoms with Crippen LogP contribution in [0.2, 0.25) is 0 Å². The molecule has 31 heavy (non-hydrogen) atoms. The molecule has 0 aliphatic heterocycles. The predicted molar refractivity (Wildman–Crippen MR) is 115 cm³/mol. The summed E-state index contributed by atoms with van der Waals surface area (Å²) in [7, 11) is 0. The number of fused-ring (bicyclic) bond motifs is 1. The van der Waals surface area contributed by atoms with Crippen molar-refractivity contribution in [1.82, 2.24) is 10.3 Å². The minimum Gasteiger partial charge on any atom is -0.481 e. The second kappa shape index (κ2) is 9.47. The minimum absolute atomic E-state index is 0.185. The van der Waals surface area contributed by atoms with Crippen molar-refractivity contribution in [1.29, 1.82) is 0 Å². The molecular formula is C20H22N4O6S. The highest BCUT2D eigenvalue weighted by Crippen LogP contribution is 2.26. The van der Waals surface area contributed by atoms with Gasteiger partial charge >= 0.3 is 11.9 Å². The van der Waals surface area contributed by atoms with Gasteiger partial charge in [0.1, 0.15) is 17.6 Å². The predicted octanol–water partition coefficient (Wildman–Crippen LogP) is 2.28. The molecule has 0 aliphatic rings. The topological polar surface area (TPSA) is 182 Å². The Bertz CT molecular complexity index is 1120. The Hall–Kier alpha value is -3.60. The fourth-order valence-corrected chi connectivity index (χ4v) is 3.98. The van der Waals surface area contributed by atoms with Crippen LogP contribution in [-0.2, 0) is 22.4 Å². The number of aliphatic carboxylic acids is 2. The first kappa shape index (κ1) is 22.1. The molecule has 164 valence electrons. The van der Waals surface area contributed by atoms with E-state index in [0.29, 0.717) is 35.6 Å². The number of aryl methyl sites for hydroxylation is 2. The summed E-state index contributed by atoms with van der Waals surface area (Å²) >= 11 is 1.39. The number of nitrogen functional groups attached to an aromatic ring is 2. The van der Waals surface area contributed by atoms with Gasteiger partial charge in [0.15, 0.2) is 0 Å². The van der Waals surface area contributed by atoms with Gasteiger partial charge in [-0.3, -0.25) is 9.59 Å². The number of pyridine rings is 1. The van der Waals surface area contributed by atoms with E-state index in [1.807, 2.05) is 6.07 Å². The maximum atomic E-state index is 12.3. The van der Waals surface area contributed by atoms with Crippen molar-refractivity contribution in [3.63, 3.8) is 0 Å². The first-order valence-electron chi connectivity index (χ1n) is 9.50. The van der Waals surface area contributed by atoms with E-state index in [4.69, 9.17) is 26.1 Å². The van der Waals surface area contributed by atoms with Gasteiger partial charge in [0.05, 0.1) is 10.9 Å². The van der Waals surface area contributed by atoms with E-state index in [-0.39, 0.29) is 12.8 Å². The molecular weight excluding hydrogens is 424 g/mol. The number of carboxylic acid groups (broad SMARTS) is 2. The Morgan fingerprint density at radius 1 is 1.16 bits per heavy atom. The molecule has 0 bridgehead atoms. The van der Waals surface area contributed by atoms with Crippen LogP contribution < -0.4 is 16.8 Å². The van der Waals surface area contributed by atoms with Gasteiger partial charge in [0.2, 0.25) is 5.71 Å². The molecule has 7 N–H and O–H groups in total. The highest BCUT2D eigenvalue weighted by Gasteiger charge is 2.22. The Balaban J connectivity index is 1.54. The summed E-state index contributed by atoms with van der Waals surface area (Å²) in [6.45, 7) is 0. The smallest absolute Gasteiger partial charge is 0.326 e. The maximum Gasteiger partial charge on any atom is 0.326 e. The first-order valence-corrected chi connectivity index (χ1v) is 10.4. The molecule has 10 nitrogen and oxygen atoms in total. The largest absolute Gasteiger partial charge is 0.481 e. The average molecular weight is 446 g/mol. The number of nitrogens with zero attached hydrogens (tertiary/aromatic N) is 1. The standard InChI is InChI=1S/C20H22N4O6S/c21-14-8-16(22)24-19-13(14)7-11(30-19)2-1-3-12-6-10(9-31-12)18(27)23-15(20(28)29)4-5-17(25)26/h6-9,15H,1-5H2,(H,23,27)(H,25,26)(H,28,29)(H4,21,22,24)/t15-/m0/s1. The molecule has 0 fully saturated rings. The Morgan fingerprint density at radius 3 is 2.65 bits per heavy atom. The third-order valence-corrected chi connectivity index (χ3v) is 5.62. The fraction of sp³-hybridized carbons (Fsp3) is 0.300. The van der Waals surface area contributed by atoms with E-state index in [1.54, 1.807) is 17.5 Å². The van der Waals surface area contributed by atoms with Gasteiger partial charge in [-0.2, -0.15) is 4.98 Å². The molecule has 0 unspecified atom stereocenters. The molecule has 0 radical (unpaired) electrons. The Morgan fingerprint density at radius 2 is 1.94 bits per heavy atom. The van der Waals surface area contributed by atoms with Gasteiger partial charge in [0, 0.05) is 34.9 Å². The molecule has 3 aromatic rings. The number of hydrogen-bond acceptors (Lipinski definition) is 8. The molecule has 3 heterocycles. The van der Waals surface area contributed by atoms with Gasteiger partial charge in [-0.25, -0.2) is 4.79 Å². The number of furan rings is 1. The number of carbonyl (C=O) groups excluding carboxylic acids is 1. The first-order chi connectivity index (χ1) is 14.7. The summed E-state index contributed by atoms with van der Waals surface area (Å²) < 4.78 is 5.69. The van der Waals surface area contributed by atoms with Gasteiger partial charge < -0.3 is 31.4 Å². The number of rotatable bonds is 10. The van der Waals surface area contributed by atoms with E-state index in [0.717, 1.165) is 22.4 Å². The van der Waals surface area contributed by atoms with Crippen molar-refractivity contribution in [3.05, 3.63) is 39.8 Å². The van der Waals surface area contributed by atoms with Crippen molar-refractivity contribution >= 4 is 51.8 Å². The molecule has 3 aromatic heterocycles. The van der Waals surface area contributed by atoms with Gasteiger partial charge in [-0.05, 0) is 31.4 Å². The number of amides is 1. The van der Waals surface area contributed by atoms with Crippen molar-refractivity contribution in [3.8, 4) is 0 Å². The van der Waals surface area contributed by atoms with Gasteiger partial charge in [-0.1, -0.05) is 0 Å². The monoisotopic (exact) mass is 446 g/mol. The Labute approximate surface area is 180 Å². The number of thiophene rings is 1. The number of carboxylic acids is 2. The summed E-state index contributed by atoms with van der Waals surface area (Å²) in [4.78, 5) is 39.3. The summed E-state index contributed by atoms with van der Waals surface area (Å²) in [6, 6.07) is 3.87. The number of nitrogens with two attached hydrogens (primary N) is 2. The normalized spacial score (nSPS) is 12.0. The third-order valence-electron chi connectivity index (χ3n) is 4.62. The molecule has 0 spiro atoms. The third kappa shape index (κ3) is 5.72. The molecule has 3 rings (SSSR count). The van der Waals surface area contributed by atoms with Crippen LogP contribution in [-0.4, -0.2) is 39.1 Å². The molecule has 0 saturated carbocycles. The van der Waals surface area contributed by atoms with Crippen LogP contribution in [0.3, 0.4) is 0 Å². The number of hydrogen-bond donors (Lipinski definition) is 5. The van der Waals surface area contributed by atoms with Crippen molar-refractivity contribution in [2.24, 2.45) is 0 Å². The van der Waals surface area contributed by atoms with Gasteiger partial charge in [0.25, 0.3) is 5.91 Å². The zero-order chi connectivity index (χ0) is 22.5. The quantitative estimate of drug-likeness (QED) is 0.312. The fourth-order valence-electron chi connectivity index (χ4n) is 3.07. The van der Waals surface area contributed by atoms with Crippen molar-refractivity contribution in [2.75, 3.05) is 11.5 Å².